The fourth-order valence-corrected chi connectivity index (χ4v) is 3.61. The van der Waals surface area contributed by atoms with Gasteiger partial charge in [0, 0.05) is 12.2 Å². The first-order valence-corrected chi connectivity index (χ1v) is 7.28. The molecule has 1 aromatic rings. The van der Waals surface area contributed by atoms with Crippen molar-refractivity contribution in [1.82, 2.24) is 0 Å². The van der Waals surface area contributed by atoms with Crippen LogP contribution in [0.2, 0.25) is 0 Å². The number of rotatable bonds is 1. The van der Waals surface area contributed by atoms with Crippen molar-refractivity contribution in [2.24, 2.45) is 5.92 Å². The van der Waals surface area contributed by atoms with Gasteiger partial charge in [-0.2, -0.15) is 0 Å². The second-order valence-electron chi connectivity index (χ2n) is 6.01. The Morgan fingerprint density at radius 1 is 1.17 bits per heavy atom. The third-order valence-corrected chi connectivity index (χ3v) is 4.47. The summed E-state index contributed by atoms with van der Waals surface area (Å²) in [6, 6.07) is 9.06. The molecule has 0 bridgehead atoms. The number of hydrogen-bond donors (Lipinski definition) is 1. The van der Waals surface area contributed by atoms with Gasteiger partial charge in [-0.15, -0.1) is 0 Å². The van der Waals surface area contributed by atoms with Gasteiger partial charge in [-0.05, 0) is 36.8 Å². The Bertz CT molecular complexity index is 417. The third-order valence-electron chi connectivity index (χ3n) is 4.47. The van der Waals surface area contributed by atoms with Gasteiger partial charge in [0.1, 0.15) is 0 Å². The highest BCUT2D eigenvalue weighted by Crippen LogP contribution is 2.35. The van der Waals surface area contributed by atoms with E-state index in [-0.39, 0.29) is 6.10 Å². The minimum Gasteiger partial charge on any atom is -0.391 e. The number of benzene rings is 1. The number of aliphatic hydroxyl groups is 1. The molecule has 0 radical (unpaired) electrons. The third kappa shape index (κ3) is 2.14. The number of fused-ring (bicyclic) bond motifs is 1. The van der Waals surface area contributed by atoms with Crippen molar-refractivity contribution >= 4 is 5.69 Å². The van der Waals surface area contributed by atoms with Gasteiger partial charge in [-0.1, -0.05) is 38.0 Å². The standard InChI is InChI=1S/C16H23NO/c1-12-10-13-6-2-3-7-14(13)17(11-12)15-8-4-5-9-16(15)18/h2-3,6-7,12,15-16,18H,4-5,8-11H2,1H3/t12?,15-,16-/m0/s1. The van der Waals surface area contributed by atoms with E-state index < -0.39 is 0 Å². The second kappa shape index (κ2) is 4.93. The van der Waals surface area contributed by atoms with Crippen LogP contribution in [0.15, 0.2) is 24.3 Å². The summed E-state index contributed by atoms with van der Waals surface area (Å²) in [5, 5.41) is 10.3. The van der Waals surface area contributed by atoms with Crippen LogP contribution >= 0.6 is 0 Å². The summed E-state index contributed by atoms with van der Waals surface area (Å²) in [6.07, 6.45) is 5.59. The van der Waals surface area contributed by atoms with Crippen molar-refractivity contribution in [3.63, 3.8) is 0 Å². The minimum absolute atomic E-state index is 0.142. The Kier molecular flexibility index (Phi) is 3.29. The Morgan fingerprint density at radius 3 is 2.78 bits per heavy atom. The molecule has 1 aromatic carbocycles. The maximum atomic E-state index is 10.3. The predicted molar refractivity (Wildman–Crippen MR) is 74.9 cm³/mol. The van der Waals surface area contributed by atoms with Crippen LogP contribution in [0.3, 0.4) is 0 Å². The molecule has 1 fully saturated rings. The molecular weight excluding hydrogens is 222 g/mol. The Morgan fingerprint density at radius 2 is 1.94 bits per heavy atom. The molecule has 2 heteroatoms. The smallest absolute Gasteiger partial charge is 0.0743 e. The molecule has 3 rings (SSSR count). The van der Waals surface area contributed by atoms with E-state index in [1.165, 1.54) is 30.5 Å². The minimum atomic E-state index is -0.142. The number of aliphatic hydroxyl groups excluding tert-OH is 1. The van der Waals surface area contributed by atoms with E-state index >= 15 is 0 Å². The largest absolute Gasteiger partial charge is 0.391 e. The van der Waals surface area contributed by atoms with Crippen LogP contribution in [0.4, 0.5) is 5.69 Å². The van der Waals surface area contributed by atoms with E-state index in [1.54, 1.807) is 0 Å². The summed E-state index contributed by atoms with van der Waals surface area (Å²) in [7, 11) is 0. The van der Waals surface area contributed by atoms with E-state index in [0.29, 0.717) is 12.0 Å². The molecule has 0 amide bonds. The first kappa shape index (κ1) is 12.0. The molecule has 0 aromatic heterocycles. The van der Waals surface area contributed by atoms with Gasteiger partial charge in [0.05, 0.1) is 12.1 Å². The summed E-state index contributed by atoms with van der Waals surface area (Å²) in [5.41, 5.74) is 2.82. The molecular formula is C16H23NO. The van der Waals surface area contributed by atoms with Gasteiger partial charge in [0.15, 0.2) is 0 Å². The van der Waals surface area contributed by atoms with Gasteiger partial charge >= 0.3 is 0 Å². The van der Waals surface area contributed by atoms with Gasteiger partial charge in [-0.25, -0.2) is 0 Å². The molecule has 0 spiro atoms. The molecule has 1 unspecified atom stereocenters. The molecule has 18 heavy (non-hydrogen) atoms. The van der Waals surface area contributed by atoms with Crippen molar-refractivity contribution in [2.75, 3.05) is 11.4 Å². The molecule has 3 atom stereocenters. The predicted octanol–water partition coefficient (Wildman–Crippen LogP) is 2.99. The monoisotopic (exact) mass is 245 g/mol. The highest BCUT2D eigenvalue weighted by atomic mass is 16.3. The lowest BCUT2D eigenvalue weighted by atomic mass is 9.86. The SMILES string of the molecule is CC1Cc2ccccc2N([C@H]2CCCC[C@@H]2O)C1. The molecule has 1 N–H and O–H groups in total. The number of hydrogen-bond acceptors (Lipinski definition) is 2. The van der Waals surface area contributed by atoms with E-state index in [0.717, 1.165) is 19.4 Å². The van der Waals surface area contributed by atoms with Crippen LogP contribution in [-0.4, -0.2) is 23.8 Å². The maximum Gasteiger partial charge on any atom is 0.0743 e. The highest BCUT2D eigenvalue weighted by Gasteiger charge is 2.32. The second-order valence-corrected chi connectivity index (χ2v) is 6.01. The Labute approximate surface area is 110 Å². The molecule has 98 valence electrons. The van der Waals surface area contributed by atoms with Crippen molar-refractivity contribution in [3.8, 4) is 0 Å². The fraction of sp³-hybridized carbons (Fsp3) is 0.625. The molecule has 2 nitrogen and oxygen atoms in total. The van der Waals surface area contributed by atoms with Gasteiger partial charge < -0.3 is 10.0 Å². The summed E-state index contributed by atoms with van der Waals surface area (Å²) in [6.45, 7) is 3.41. The topological polar surface area (TPSA) is 23.5 Å². The number of nitrogens with zero attached hydrogens (tertiary/aromatic N) is 1. The summed E-state index contributed by atoms with van der Waals surface area (Å²) in [5.74, 6) is 0.689. The summed E-state index contributed by atoms with van der Waals surface area (Å²) >= 11 is 0. The Balaban J connectivity index is 1.91. The quantitative estimate of drug-likeness (QED) is 0.822. The summed E-state index contributed by atoms with van der Waals surface area (Å²) in [4.78, 5) is 2.48. The van der Waals surface area contributed by atoms with Crippen LogP contribution in [0.1, 0.15) is 38.2 Å². The van der Waals surface area contributed by atoms with Gasteiger partial charge in [0.25, 0.3) is 0 Å². The zero-order valence-corrected chi connectivity index (χ0v) is 11.2. The highest BCUT2D eigenvalue weighted by molar-refractivity contribution is 5.56. The fourth-order valence-electron chi connectivity index (χ4n) is 3.61. The zero-order chi connectivity index (χ0) is 12.5. The maximum absolute atomic E-state index is 10.3. The van der Waals surface area contributed by atoms with Crippen LogP contribution in [0.5, 0.6) is 0 Å². The average molecular weight is 245 g/mol. The van der Waals surface area contributed by atoms with Crippen molar-refractivity contribution in [2.45, 2.75) is 51.2 Å². The van der Waals surface area contributed by atoms with Gasteiger partial charge in [-0.3, -0.25) is 0 Å². The van der Waals surface area contributed by atoms with E-state index in [1.807, 2.05) is 0 Å². The lowest BCUT2D eigenvalue weighted by Crippen LogP contribution is -2.49. The van der Waals surface area contributed by atoms with E-state index in [4.69, 9.17) is 0 Å². The Hall–Kier alpha value is -1.02. The molecule has 1 heterocycles. The first-order valence-electron chi connectivity index (χ1n) is 7.28. The average Bonchev–Trinajstić information content (AvgIpc) is 2.38. The van der Waals surface area contributed by atoms with E-state index in [9.17, 15) is 5.11 Å². The molecule has 0 saturated heterocycles. The van der Waals surface area contributed by atoms with Crippen LogP contribution in [-0.2, 0) is 6.42 Å². The van der Waals surface area contributed by atoms with Crippen molar-refractivity contribution in [3.05, 3.63) is 29.8 Å². The van der Waals surface area contributed by atoms with Crippen molar-refractivity contribution < 1.29 is 5.11 Å². The lowest BCUT2D eigenvalue weighted by Gasteiger charge is -2.44. The number of para-hydroxylation sites is 1. The van der Waals surface area contributed by atoms with Crippen LogP contribution in [0.25, 0.3) is 0 Å². The molecule has 1 aliphatic carbocycles. The first-order chi connectivity index (χ1) is 8.75. The molecule has 2 aliphatic rings. The van der Waals surface area contributed by atoms with Gasteiger partial charge in [0.2, 0.25) is 0 Å². The molecule has 1 aliphatic heterocycles. The molecule has 1 saturated carbocycles. The van der Waals surface area contributed by atoms with Crippen molar-refractivity contribution in [1.29, 1.82) is 0 Å². The normalized spacial score (nSPS) is 32.1. The lowest BCUT2D eigenvalue weighted by molar-refractivity contribution is 0.102. The van der Waals surface area contributed by atoms with E-state index in [2.05, 4.69) is 36.1 Å². The van der Waals surface area contributed by atoms with Crippen LogP contribution in [0, 0.1) is 5.92 Å². The van der Waals surface area contributed by atoms with Crippen LogP contribution < -0.4 is 4.90 Å². The number of anilines is 1. The zero-order valence-electron chi connectivity index (χ0n) is 11.2. The summed E-state index contributed by atoms with van der Waals surface area (Å²) < 4.78 is 0.